The number of unbranched alkanes of at least 4 members (excludes halogenated alkanes) is 2. The number of alkyl halides is 2. The maximum Gasteiger partial charge on any atom is 0.233 e. The second-order valence-corrected chi connectivity index (χ2v) is 11.2. The zero-order chi connectivity index (χ0) is 20.7. The van der Waals surface area contributed by atoms with Gasteiger partial charge in [-0.2, -0.15) is 0 Å². The smallest absolute Gasteiger partial charge is 0.233 e. The first-order valence-corrected chi connectivity index (χ1v) is 12.7. The van der Waals surface area contributed by atoms with Gasteiger partial charge in [0.2, 0.25) is 17.7 Å². The highest BCUT2D eigenvalue weighted by molar-refractivity contribution is 9.12. The van der Waals surface area contributed by atoms with Crippen LogP contribution in [0.2, 0.25) is 0 Å². The van der Waals surface area contributed by atoms with E-state index < -0.39 is 0 Å². The average Bonchev–Trinajstić information content (AvgIpc) is 3.29. The third-order valence-corrected chi connectivity index (χ3v) is 10.2. The number of nitrogens with one attached hydrogen (secondary N) is 1. The number of hydrogen-bond acceptors (Lipinski definition) is 3. The highest BCUT2D eigenvalue weighted by atomic mass is 79.9. The van der Waals surface area contributed by atoms with Crippen LogP contribution in [0.1, 0.15) is 32.1 Å². The molecular formula is C21H23Br3N2O3. The molecular weight excluding hydrogens is 568 g/mol. The molecule has 1 saturated heterocycles. The van der Waals surface area contributed by atoms with Crippen molar-refractivity contribution in [3.8, 4) is 0 Å². The largest absolute Gasteiger partial charge is 0.326 e. The van der Waals surface area contributed by atoms with E-state index >= 15 is 0 Å². The van der Waals surface area contributed by atoms with Crippen LogP contribution in [0.3, 0.4) is 0 Å². The molecule has 6 atom stereocenters. The lowest BCUT2D eigenvalue weighted by molar-refractivity contribution is -0.140. The monoisotopic (exact) mass is 588 g/mol. The molecule has 1 aromatic carbocycles. The number of amides is 3. The van der Waals surface area contributed by atoms with Crippen LogP contribution in [0.15, 0.2) is 28.7 Å². The van der Waals surface area contributed by atoms with E-state index in [0.29, 0.717) is 13.0 Å². The number of rotatable bonds is 7. The average molecular weight is 591 g/mol. The zero-order valence-corrected chi connectivity index (χ0v) is 20.6. The van der Waals surface area contributed by atoms with Gasteiger partial charge in [-0.3, -0.25) is 19.3 Å². The summed E-state index contributed by atoms with van der Waals surface area (Å²) < 4.78 is 0.969. The van der Waals surface area contributed by atoms with Gasteiger partial charge in [-0.1, -0.05) is 54.2 Å². The number of likely N-dealkylation sites (tertiary alicyclic amines) is 1. The van der Waals surface area contributed by atoms with Crippen LogP contribution in [0.5, 0.6) is 0 Å². The van der Waals surface area contributed by atoms with E-state index in [1.807, 2.05) is 24.3 Å². The fourth-order valence-corrected chi connectivity index (χ4v) is 7.26. The van der Waals surface area contributed by atoms with E-state index in [4.69, 9.17) is 0 Å². The standard InChI is InChI=1S/C21H23Br3N2O3/c22-11-5-7-12(8-6-11)25-15(27)4-2-1-3-9-26-20(28)16-13-10-14(17(16)21(26)29)19(24)18(13)23/h5-8,13-14,16-19H,1-4,9-10H2,(H,25,27)/t13-,14-,16-,17+,18-,19+/m1/s1. The van der Waals surface area contributed by atoms with E-state index in [0.717, 1.165) is 35.8 Å². The van der Waals surface area contributed by atoms with Crippen molar-refractivity contribution in [1.29, 1.82) is 0 Å². The lowest BCUT2D eigenvalue weighted by Gasteiger charge is -2.28. The summed E-state index contributed by atoms with van der Waals surface area (Å²) in [5, 5.41) is 2.88. The van der Waals surface area contributed by atoms with Gasteiger partial charge in [0.25, 0.3) is 0 Å². The van der Waals surface area contributed by atoms with Gasteiger partial charge in [0.1, 0.15) is 0 Å². The minimum atomic E-state index is -0.137. The topological polar surface area (TPSA) is 66.5 Å². The van der Waals surface area contributed by atoms with Crippen molar-refractivity contribution in [2.45, 2.75) is 41.8 Å². The summed E-state index contributed by atoms with van der Waals surface area (Å²) >= 11 is 10.8. The molecule has 4 rings (SSSR count). The van der Waals surface area contributed by atoms with Crippen LogP contribution < -0.4 is 5.32 Å². The van der Waals surface area contributed by atoms with Crippen molar-refractivity contribution < 1.29 is 14.4 Å². The van der Waals surface area contributed by atoms with Gasteiger partial charge in [-0.25, -0.2) is 0 Å². The maximum atomic E-state index is 12.8. The minimum Gasteiger partial charge on any atom is -0.326 e. The molecule has 1 aromatic rings. The Labute approximate surface area is 195 Å². The van der Waals surface area contributed by atoms with Gasteiger partial charge in [-0.15, -0.1) is 0 Å². The Morgan fingerprint density at radius 3 is 2.14 bits per heavy atom. The Kier molecular flexibility index (Phi) is 6.52. The van der Waals surface area contributed by atoms with Gasteiger partial charge in [-0.05, 0) is 55.4 Å². The number of carbonyl (C=O) groups excluding carboxylic acids is 3. The molecule has 2 saturated carbocycles. The fraction of sp³-hybridized carbons (Fsp3) is 0.571. The fourth-order valence-electron chi connectivity index (χ4n) is 5.12. The highest BCUT2D eigenvalue weighted by Crippen LogP contribution is 2.60. The number of carbonyl (C=O) groups is 3. The van der Waals surface area contributed by atoms with Crippen LogP contribution in [0, 0.1) is 23.7 Å². The minimum absolute atomic E-state index is 0.0153. The van der Waals surface area contributed by atoms with Gasteiger partial charge >= 0.3 is 0 Å². The Hall–Kier alpha value is -0.730. The van der Waals surface area contributed by atoms with Crippen molar-refractivity contribution in [2.75, 3.05) is 11.9 Å². The van der Waals surface area contributed by atoms with Crippen LogP contribution >= 0.6 is 47.8 Å². The third-order valence-electron chi connectivity index (χ3n) is 6.49. The molecule has 0 aromatic heterocycles. The van der Waals surface area contributed by atoms with Crippen LogP contribution in [0.25, 0.3) is 0 Å². The molecule has 3 aliphatic rings. The van der Waals surface area contributed by atoms with E-state index in [1.165, 1.54) is 4.90 Å². The summed E-state index contributed by atoms with van der Waals surface area (Å²) in [7, 11) is 0. The summed E-state index contributed by atoms with van der Waals surface area (Å²) in [6.07, 6.45) is 3.69. The first-order chi connectivity index (χ1) is 13.9. The summed E-state index contributed by atoms with van der Waals surface area (Å²) in [5.74, 6) is 0.271. The molecule has 0 unspecified atom stereocenters. The lowest BCUT2D eigenvalue weighted by Crippen LogP contribution is -2.37. The molecule has 1 aliphatic heterocycles. The van der Waals surface area contributed by atoms with Gasteiger partial charge in [0, 0.05) is 32.8 Å². The van der Waals surface area contributed by atoms with E-state index in [2.05, 4.69) is 53.1 Å². The normalized spacial score (nSPS) is 32.7. The van der Waals surface area contributed by atoms with E-state index in [9.17, 15) is 14.4 Å². The Bertz CT molecular complexity index is 784. The summed E-state index contributed by atoms with van der Waals surface area (Å²) in [6, 6.07) is 7.48. The summed E-state index contributed by atoms with van der Waals surface area (Å²) in [6.45, 7) is 0.471. The van der Waals surface area contributed by atoms with Crippen LogP contribution in [-0.4, -0.2) is 38.8 Å². The van der Waals surface area contributed by atoms with Crippen LogP contribution in [-0.2, 0) is 14.4 Å². The number of fused-ring (bicyclic) bond motifs is 5. The van der Waals surface area contributed by atoms with E-state index in [1.54, 1.807) is 0 Å². The number of imide groups is 1. The summed E-state index contributed by atoms with van der Waals surface area (Å²) in [5.41, 5.74) is 0.780. The second kappa shape index (κ2) is 8.79. The molecule has 2 aliphatic carbocycles. The first-order valence-electron chi connectivity index (χ1n) is 10.1. The number of hydrogen-bond donors (Lipinski definition) is 1. The van der Waals surface area contributed by atoms with Gasteiger partial charge < -0.3 is 5.32 Å². The molecule has 8 heteroatoms. The molecule has 1 N–H and O–H groups in total. The van der Waals surface area contributed by atoms with Crippen molar-refractivity contribution in [3.05, 3.63) is 28.7 Å². The molecule has 156 valence electrons. The SMILES string of the molecule is O=C(CCCCCN1C(=O)[C@@H]2[C@H]3C[C@@H]([C@H](Br)[C@@H]3Br)[C@@H]2C1=O)Nc1ccc(Br)cc1. The number of benzene rings is 1. The van der Waals surface area contributed by atoms with Gasteiger partial charge in [0.15, 0.2) is 0 Å². The quantitative estimate of drug-likeness (QED) is 0.284. The number of nitrogens with zero attached hydrogens (tertiary/aromatic N) is 1. The molecule has 5 nitrogen and oxygen atoms in total. The van der Waals surface area contributed by atoms with Crippen molar-refractivity contribution in [1.82, 2.24) is 4.90 Å². The predicted octanol–water partition coefficient (Wildman–Crippen LogP) is 4.73. The van der Waals surface area contributed by atoms with Gasteiger partial charge in [0.05, 0.1) is 11.8 Å². The summed E-state index contributed by atoms with van der Waals surface area (Å²) in [4.78, 5) is 39.8. The van der Waals surface area contributed by atoms with Crippen molar-refractivity contribution in [3.63, 3.8) is 0 Å². The second-order valence-electron chi connectivity index (χ2n) is 8.20. The highest BCUT2D eigenvalue weighted by Gasteiger charge is 2.66. The predicted molar refractivity (Wildman–Crippen MR) is 122 cm³/mol. The molecule has 0 spiro atoms. The van der Waals surface area contributed by atoms with Crippen molar-refractivity contribution >= 4 is 71.2 Å². The molecule has 1 heterocycles. The molecule has 29 heavy (non-hydrogen) atoms. The molecule has 0 radical (unpaired) electrons. The third kappa shape index (κ3) is 4.09. The first kappa shape index (κ1) is 21.5. The van der Waals surface area contributed by atoms with E-state index in [-0.39, 0.29) is 51.0 Å². The molecule has 3 fully saturated rings. The Morgan fingerprint density at radius 2 is 1.55 bits per heavy atom. The molecule has 2 bridgehead atoms. The van der Waals surface area contributed by atoms with Crippen LogP contribution in [0.4, 0.5) is 5.69 Å². The Balaban J connectivity index is 1.20. The van der Waals surface area contributed by atoms with Crippen molar-refractivity contribution in [2.24, 2.45) is 23.7 Å². The lowest BCUT2D eigenvalue weighted by atomic mass is 9.81. The number of halogens is 3. The Morgan fingerprint density at radius 1 is 0.966 bits per heavy atom. The zero-order valence-electron chi connectivity index (χ0n) is 15.8. The number of anilines is 1. The maximum absolute atomic E-state index is 12.8. The molecule has 3 amide bonds.